The van der Waals surface area contributed by atoms with Crippen LogP contribution >= 0.6 is 0 Å². The minimum atomic E-state index is 0.590. The maximum absolute atomic E-state index is 9.98. The fourth-order valence-electron chi connectivity index (χ4n) is 0.925. The lowest BCUT2D eigenvalue weighted by Crippen LogP contribution is -2.11. The van der Waals surface area contributed by atoms with Gasteiger partial charge >= 0.3 is 0 Å². The third-order valence-electron chi connectivity index (χ3n) is 1.88. The molecular formula is C7H10O. The predicted molar refractivity (Wildman–Crippen MR) is 32.2 cm³/mol. The Balaban J connectivity index is 2.46. The SMILES string of the molecule is CC(=C=O)C1CCC1. The highest BCUT2D eigenvalue weighted by molar-refractivity contribution is 5.52. The lowest BCUT2D eigenvalue weighted by atomic mass is 9.81. The van der Waals surface area contributed by atoms with Crippen LogP contribution in [0.3, 0.4) is 0 Å². The van der Waals surface area contributed by atoms with E-state index in [-0.39, 0.29) is 0 Å². The minimum Gasteiger partial charge on any atom is -0.234 e. The number of allylic oxidation sites excluding steroid dienone is 1. The van der Waals surface area contributed by atoms with Gasteiger partial charge in [0.05, 0.1) is 0 Å². The van der Waals surface area contributed by atoms with E-state index < -0.39 is 0 Å². The molecule has 0 amide bonds. The second kappa shape index (κ2) is 2.15. The van der Waals surface area contributed by atoms with Crippen LogP contribution in [0.4, 0.5) is 0 Å². The zero-order valence-corrected chi connectivity index (χ0v) is 5.11. The van der Waals surface area contributed by atoms with Crippen molar-refractivity contribution in [3.05, 3.63) is 5.57 Å². The second-order valence-electron chi connectivity index (χ2n) is 2.41. The van der Waals surface area contributed by atoms with Crippen LogP contribution in [-0.2, 0) is 4.79 Å². The van der Waals surface area contributed by atoms with Gasteiger partial charge in [-0.1, -0.05) is 6.42 Å². The van der Waals surface area contributed by atoms with E-state index in [9.17, 15) is 4.79 Å². The van der Waals surface area contributed by atoms with Crippen molar-refractivity contribution in [1.29, 1.82) is 0 Å². The molecule has 1 saturated carbocycles. The molecule has 0 bridgehead atoms. The second-order valence-corrected chi connectivity index (χ2v) is 2.41. The summed E-state index contributed by atoms with van der Waals surface area (Å²) in [5, 5.41) is 0. The quantitative estimate of drug-likeness (QED) is 0.468. The molecule has 0 aliphatic heterocycles. The number of carbonyl (C=O) groups excluding carboxylic acids is 1. The summed E-state index contributed by atoms with van der Waals surface area (Å²) in [5.74, 6) is 2.52. The highest BCUT2D eigenvalue weighted by Crippen LogP contribution is 2.31. The summed E-state index contributed by atoms with van der Waals surface area (Å²) in [5.41, 5.74) is 0.913. The Morgan fingerprint density at radius 2 is 2.25 bits per heavy atom. The van der Waals surface area contributed by atoms with Crippen molar-refractivity contribution in [2.24, 2.45) is 5.92 Å². The van der Waals surface area contributed by atoms with Gasteiger partial charge in [0.2, 0.25) is 0 Å². The van der Waals surface area contributed by atoms with Gasteiger partial charge in [-0.3, -0.25) is 0 Å². The van der Waals surface area contributed by atoms with Gasteiger partial charge in [-0.15, -0.1) is 0 Å². The molecule has 0 aromatic carbocycles. The summed E-state index contributed by atoms with van der Waals surface area (Å²) >= 11 is 0. The van der Waals surface area contributed by atoms with E-state index in [1.165, 1.54) is 19.3 Å². The Hall–Kier alpha value is -0.550. The van der Waals surface area contributed by atoms with Crippen molar-refractivity contribution in [3.63, 3.8) is 0 Å². The summed E-state index contributed by atoms with van der Waals surface area (Å²) in [6.45, 7) is 1.87. The van der Waals surface area contributed by atoms with Gasteiger partial charge < -0.3 is 0 Å². The first kappa shape index (κ1) is 5.58. The van der Waals surface area contributed by atoms with Crippen LogP contribution in [0.5, 0.6) is 0 Å². The first-order chi connectivity index (χ1) is 3.84. The number of rotatable bonds is 1. The third kappa shape index (κ3) is 0.823. The van der Waals surface area contributed by atoms with Gasteiger partial charge in [0.25, 0.3) is 0 Å². The van der Waals surface area contributed by atoms with E-state index in [1.54, 1.807) is 0 Å². The maximum atomic E-state index is 9.98. The van der Waals surface area contributed by atoms with Crippen LogP contribution in [-0.4, -0.2) is 5.94 Å². The van der Waals surface area contributed by atoms with E-state index >= 15 is 0 Å². The van der Waals surface area contributed by atoms with E-state index in [1.807, 2.05) is 12.9 Å². The van der Waals surface area contributed by atoms with Gasteiger partial charge in [-0.25, -0.2) is 4.79 Å². The molecule has 0 aromatic rings. The summed E-state index contributed by atoms with van der Waals surface area (Å²) in [6.07, 6.45) is 3.71. The summed E-state index contributed by atoms with van der Waals surface area (Å²) in [4.78, 5) is 9.98. The van der Waals surface area contributed by atoms with Crippen molar-refractivity contribution < 1.29 is 4.79 Å². The molecule has 44 valence electrons. The first-order valence-corrected chi connectivity index (χ1v) is 3.06. The average molecular weight is 110 g/mol. The maximum Gasteiger partial charge on any atom is 0.123 e. The molecule has 1 fully saturated rings. The molecule has 1 aliphatic rings. The summed E-state index contributed by atoms with van der Waals surface area (Å²) < 4.78 is 0. The Morgan fingerprint density at radius 1 is 1.62 bits per heavy atom. The van der Waals surface area contributed by atoms with Crippen molar-refractivity contribution in [2.75, 3.05) is 0 Å². The Bertz CT molecular complexity index is 127. The molecule has 1 nitrogen and oxygen atoms in total. The molecule has 0 aromatic heterocycles. The Morgan fingerprint density at radius 3 is 2.38 bits per heavy atom. The molecule has 1 rings (SSSR count). The fourth-order valence-corrected chi connectivity index (χ4v) is 0.925. The Kier molecular flexibility index (Phi) is 1.50. The van der Waals surface area contributed by atoms with Crippen LogP contribution in [0.25, 0.3) is 0 Å². The van der Waals surface area contributed by atoms with Gasteiger partial charge in [0.15, 0.2) is 0 Å². The van der Waals surface area contributed by atoms with Gasteiger partial charge in [-0.05, 0) is 25.7 Å². The average Bonchev–Trinajstić information content (AvgIpc) is 1.62. The van der Waals surface area contributed by atoms with Gasteiger partial charge in [0.1, 0.15) is 5.94 Å². The monoisotopic (exact) mass is 110 g/mol. The molecule has 0 radical (unpaired) electrons. The smallest absolute Gasteiger partial charge is 0.123 e. The van der Waals surface area contributed by atoms with Crippen LogP contribution in [0.1, 0.15) is 26.2 Å². The standard InChI is InChI=1S/C7H10O/c1-6(5-8)7-3-2-4-7/h7H,2-4H2,1H3. The lowest BCUT2D eigenvalue weighted by Gasteiger charge is -2.23. The zero-order valence-electron chi connectivity index (χ0n) is 5.11. The molecular weight excluding hydrogens is 100 g/mol. The van der Waals surface area contributed by atoms with E-state index in [0.717, 1.165) is 5.57 Å². The van der Waals surface area contributed by atoms with Crippen LogP contribution in [0.15, 0.2) is 5.57 Å². The van der Waals surface area contributed by atoms with Crippen LogP contribution in [0.2, 0.25) is 0 Å². The van der Waals surface area contributed by atoms with Gasteiger partial charge in [0, 0.05) is 5.57 Å². The van der Waals surface area contributed by atoms with Crippen molar-refractivity contribution >= 4 is 5.94 Å². The van der Waals surface area contributed by atoms with Crippen molar-refractivity contribution in [3.8, 4) is 0 Å². The van der Waals surface area contributed by atoms with E-state index in [4.69, 9.17) is 0 Å². The molecule has 0 heterocycles. The van der Waals surface area contributed by atoms with Crippen molar-refractivity contribution in [1.82, 2.24) is 0 Å². The Labute approximate surface area is 49.4 Å². The number of hydrogen-bond donors (Lipinski definition) is 0. The molecule has 1 heteroatoms. The predicted octanol–water partition coefficient (Wildman–Crippen LogP) is 1.56. The molecule has 0 unspecified atom stereocenters. The normalized spacial score (nSPS) is 19.1. The lowest BCUT2D eigenvalue weighted by molar-refractivity contribution is 0.369. The van der Waals surface area contributed by atoms with E-state index in [0.29, 0.717) is 5.92 Å². The third-order valence-corrected chi connectivity index (χ3v) is 1.88. The van der Waals surface area contributed by atoms with Gasteiger partial charge in [-0.2, -0.15) is 0 Å². The zero-order chi connectivity index (χ0) is 5.98. The molecule has 0 spiro atoms. The molecule has 8 heavy (non-hydrogen) atoms. The highest BCUT2D eigenvalue weighted by atomic mass is 16.1. The largest absolute Gasteiger partial charge is 0.234 e. The summed E-state index contributed by atoms with van der Waals surface area (Å²) in [7, 11) is 0. The van der Waals surface area contributed by atoms with Crippen LogP contribution < -0.4 is 0 Å². The molecule has 1 aliphatic carbocycles. The molecule has 0 atom stereocenters. The summed E-state index contributed by atoms with van der Waals surface area (Å²) in [6, 6.07) is 0. The minimum absolute atomic E-state index is 0.590. The van der Waals surface area contributed by atoms with E-state index in [2.05, 4.69) is 0 Å². The van der Waals surface area contributed by atoms with Crippen molar-refractivity contribution in [2.45, 2.75) is 26.2 Å². The fraction of sp³-hybridized carbons (Fsp3) is 0.714. The topological polar surface area (TPSA) is 17.1 Å². The van der Waals surface area contributed by atoms with Crippen LogP contribution in [0, 0.1) is 5.92 Å². The number of hydrogen-bond acceptors (Lipinski definition) is 1. The molecule has 0 N–H and O–H groups in total. The highest BCUT2D eigenvalue weighted by Gasteiger charge is 2.19. The molecule has 0 saturated heterocycles. The first-order valence-electron chi connectivity index (χ1n) is 3.06.